The van der Waals surface area contributed by atoms with E-state index in [1.54, 1.807) is 0 Å². The number of esters is 1. The van der Waals surface area contributed by atoms with Crippen LogP contribution in [-0.2, 0) is 9.53 Å². The van der Waals surface area contributed by atoms with Gasteiger partial charge in [0, 0.05) is 6.42 Å². The predicted octanol–water partition coefficient (Wildman–Crippen LogP) is 2.52. The first kappa shape index (κ1) is 14.4. The van der Waals surface area contributed by atoms with Crippen molar-refractivity contribution in [3.05, 3.63) is 0 Å². The zero-order chi connectivity index (χ0) is 11.9. The summed E-state index contributed by atoms with van der Waals surface area (Å²) in [7, 11) is 0. The zero-order valence-corrected chi connectivity index (χ0v) is 10.4. The van der Waals surface area contributed by atoms with Crippen LogP contribution in [-0.4, -0.2) is 23.8 Å². The molecule has 0 saturated carbocycles. The summed E-state index contributed by atoms with van der Waals surface area (Å²) in [4.78, 5) is 11.5. The van der Waals surface area contributed by atoms with Gasteiger partial charge in [-0.2, -0.15) is 0 Å². The number of carbonyl (C=O) groups is 1. The minimum Gasteiger partial charge on any atom is -0.465 e. The number of ether oxygens (including phenoxy) is 1. The van der Waals surface area contributed by atoms with E-state index < -0.39 is 5.41 Å². The highest BCUT2D eigenvalue weighted by Gasteiger charge is 2.26. The van der Waals surface area contributed by atoms with E-state index >= 15 is 0 Å². The summed E-state index contributed by atoms with van der Waals surface area (Å²) in [5.41, 5.74) is -0.407. The Morgan fingerprint density at radius 3 is 2.40 bits per heavy atom. The normalized spacial score (nSPS) is 13.7. The van der Waals surface area contributed by atoms with Crippen LogP contribution in [0.2, 0.25) is 0 Å². The molecule has 0 aliphatic rings. The molecular weight excluding hydrogens is 192 g/mol. The second kappa shape index (κ2) is 6.83. The fraction of sp³-hybridized carbons (Fsp3) is 0.917. The van der Waals surface area contributed by atoms with Crippen LogP contribution in [0.1, 0.15) is 53.4 Å². The molecule has 0 aliphatic carbocycles. The number of rotatable bonds is 7. The van der Waals surface area contributed by atoms with E-state index in [9.17, 15) is 9.90 Å². The van der Waals surface area contributed by atoms with E-state index in [-0.39, 0.29) is 12.1 Å². The Balaban J connectivity index is 3.73. The minimum atomic E-state index is -0.407. The maximum atomic E-state index is 11.5. The molecule has 0 spiro atoms. The summed E-state index contributed by atoms with van der Waals surface area (Å²) in [5, 5.41) is 9.43. The molecule has 0 bridgehead atoms. The Morgan fingerprint density at radius 2 is 1.93 bits per heavy atom. The molecule has 90 valence electrons. The third kappa shape index (κ3) is 5.78. The van der Waals surface area contributed by atoms with Crippen LogP contribution >= 0.6 is 0 Å². The molecule has 0 radical (unpaired) electrons. The molecule has 15 heavy (non-hydrogen) atoms. The summed E-state index contributed by atoms with van der Waals surface area (Å²) >= 11 is 0. The zero-order valence-electron chi connectivity index (χ0n) is 10.4. The fourth-order valence-corrected chi connectivity index (χ4v) is 1.10. The summed E-state index contributed by atoms with van der Waals surface area (Å²) in [6.07, 6.45) is 2.69. The van der Waals surface area contributed by atoms with Crippen molar-refractivity contribution in [1.29, 1.82) is 0 Å². The summed E-state index contributed by atoms with van der Waals surface area (Å²) in [6.45, 7) is 8.06. The minimum absolute atomic E-state index is 0.173. The van der Waals surface area contributed by atoms with Crippen LogP contribution < -0.4 is 0 Å². The van der Waals surface area contributed by atoms with E-state index in [0.29, 0.717) is 13.0 Å². The number of carbonyl (C=O) groups excluding carboxylic acids is 1. The molecule has 3 nitrogen and oxygen atoms in total. The molecular formula is C12H24O3. The average Bonchev–Trinajstić information content (AvgIpc) is 2.18. The van der Waals surface area contributed by atoms with Crippen LogP contribution in [0.3, 0.4) is 0 Å². The summed E-state index contributed by atoms with van der Waals surface area (Å²) < 4.78 is 5.12. The van der Waals surface area contributed by atoms with Crippen molar-refractivity contribution in [2.45, 2.75) is 59.5 Å². The van der Waals surface area contributed by atoms with Crippen molar-refractivity contribution in [3.8, 4) is 0 Å². The SMILES string of the molecule is CCCC(O)CCOC(=O)C(C)(C)CC. The van der Waals surface area contributed by atoms with Crippen LogP contribution in [0.25, 0.3) is 0 Å². The van der Waals surface area contributed by atoms with Crippen molar-refractivity contribution in [2.75, 3.05) is 6.61 Å². The third-order valence-corrected chi connectivity index (χ3v) is 2.74. The molecule has 0 fully saturated rings. The monoisotopic (exact) mass is 216 g/mol. The molecule has 1 unspecified atom stereocenters. The van der Waals surface area contributed by atoms with Gasteiger partial charge in [0.05, 0.1) is 18.1 Å². The quantitative estimate of drug-likeness (QED) is 0.665. The highest BCUT2D eigenvalue weighted by atomic mass is 16.5. The lowest BCUT2D eigenvalue weighted by Crippen LogP contribution is -2.26. The maximum Gasteiger partial charge on any atom is 0.311 e. The van der Waals surface area contributed by atoms with E-state index in [1.807, 2.05) is 27.7 Å². The van der Waals surface area contributed by atoms with E-state index in [1.165, 1.54) is 0 Å². The van der Waals surface area contributed by atoms with Crippen LogP contribution in [0, 0.1) is 5.41 Å². The second-order valence-electron chi connectivity index (χ2n) is 4.60. The largest absolute Gasteiger partial charge is 0.465 e. The van der Waals surface area contributed by atoms with Crippen molar-refractivity contribution in [3.63, 3.8) is 0 Å². The molecule has 3 heteroatoms. The third-order valence-electron chi connectivity index (χ3n) is 2.74. The van der Waals surface area contributed by atoms with E-state index in [0.717, 1.165) is 19.3 Å². The van der Waals surface area contributed by atoms with Crippen LogP contribution in [0.15, 0.2) is 0 Å². The molecule has 0 aromatic heterocycles. The second-order valence-corrected chi connectivity index (χ2v) is 4.60. The van der Waals surface area contributed by atoms with Gasteiger partial charge in [-0.25, -0.2) is 0 Å². The summed E-state index contributed by atoms with van der Waals surface area (Å²) in [5.74, 6) is -0.173. The van der Waals surface area contributed by atoms with Gasteiger partial charge in [0.2, 0.25) is 0 Å². The molecule has 0 aromatic rings. The van der Waals surface area contributed by atoms with Gasteiger partial charge in [0.25, 0.3) is 0 Å². The first-order valence-electron chi connectivity index (χ1n) is 5.79. The number of aliphatic hydroxyl groups is 1. The Bertz CT molecular complexity index is 187. The number of aliphatic hydroxyl groups excluding tert-OH is 1. The fourth-order valence-electron chi connectivity index (χ4n) is 1.10. The molecule has 1 N–H and O–H groups in total. The van der Waals surface area contributed by atoms with Gasteiger partial charge < -0.3 is 9.84 Å². The van der Waals surface area contributed by atoms with Gasteiger partial charge in [-0.15, -0.1) is 0 Å². The summed E-state index contributed by atoms with van der Waals surface area (Å²) in [6, 6.07) is 0. The van der Waals surface area contributed by atoms with Crippen molar-refractivity contribution in [1.82, 2.24) is 0 Å². The van der Waals surface area contributed by atoms with Gasteiger partial charge in [-0.05, 0) is 26.7 Å². The lowest BCUT2D eigenvalue weighted by Gasteiger charge is -2.20. The molecule has 0 heterocycles. The molecule has 0 saturated heterocycles. The number of hydrogen-bond donors (Lipinski definition) is 1. The molecule has 0 amide bonds. The maximum absolute atomic E-state index is 11.5. The van der Waals surface area contributed by atoms with Crippen molar-refractivity contribution < 1.29 is 14.6 Å². The Labute approximate surface area is 92.8 Å². The molecule has 1 atom stereocenters. The van der Waals surface area contributed by atoms with Gasteiger partial charge in [0.1, 0.15) is 0 Å². The van der Waals surface area contributed by atoms with Crippen LogP contribution in [0.5, 0.6) is 0 Å². The highest BCUT2D eigenvalue weighted by molar-refractivity contribution is 5.75. The average molecular weight is 216 g/mol. The highest BCUT2D eigenvalue weighted by Crippen LogP contribution is 2.21. The lowest BCUT2D eigenvalue weighted by atomic mass is 9.91. The van der Waals surface area contributed by atoms with Gasteiger partial charge in [0.15, 0.2) is 0 Å². The lowest BCUT2D eigenvalue weighted by molar-refractivity contribution is -0.154. The Morgan fingerprint density at radius 1 is 1.33 bits per heavy atom. The Hall–Kier alpha value is -0.570. The van der Waals surface area contributed by atoms with Gasteiger partial charge in [-0.3, -0.25) is 4.79 Å². The first-order chi connectivity index (χ1) is 6.94. The van der Waals surface area contributed by atoms with E-state index in [4.69, 9.17) is 4.74 Å². The Kier molecular flexibility index (Phi) is 6.57. The van der Waals surface area contributed by atoms with Crippen molar-refractivity contribution >= 4 is 5.97 Å². The van der Waals surface area contributed by atoms with Crippen LogP contribution in [0.4, 0.5) is 0 Å². The van der Waals surface area contributed by atoms with Gasteiger partial charge in [-0.1, -0.05) is 20.3 Å². The topological polar surface area (TPSA) is 46.5 Å². The van der Waals surface area contributed by atoms with Crippen molar-refractivity contribution in [2.24, 2.45) is 5.41 Å². The molecule has 0 aromatic carbocycles. The standard InChI is InChI=1S/C12H24O3/c1-5-7-10(13)8-9-15-11(14)12(3,4)6-2/h10,13H,5-9H2,1-4H3. The first-order valence-corrected chi connectivity index (χ1v) is 5.79. The molecule has 0 aliphatic heterocycles. The number of hydrogen-bond acceptors (Lipinski definition) is 3. The molecule has 0 rings (SSSR count). The van der Waals surface area contributed by atoms with Gasteiger partial charge >= 0.3 is 5.97 Å². The van der Waals surface area contributed by atoms with E-state index in [2.05, 4.69) is 0 Å². The predicted molar refractivity (Wildman–Crippen MR) is 60.6 cm³/mol. The smallest absolute Gasteiger partial charge is 0.311 e.